The summed E-state index contributed by atoms with van der Waals surface area (Å²) in [6.45, 7) is 13.9. The van der Waals surface area contributed by atoms with E-state index in [9.17, 15) is 14.0 Å². The zero-order chi connectivity index (χ0) is 32.3. The highest BCUT2D eigenvalue weighted by Gasteiger charge is 2.32. The molecule has 0 saturated carbocycles. The number of hydrogen-bond donors (Lipinski definition) is 0. The van der Waals surface area contributed by atoms with Crippen LogP contribution in [0.25, 0.3) is 0 Å². The van der Waals surface area contributed by atoms with Crippen molar-refractivity contribution < 1.29 is 28.2 Å². The van der Waals surface area contributed by atoms with Crippen LogP contribution in [-0.2, 0) is 17.8 Å². The molecule has 12 heteroatoms. The van der Waals surface area contributed by atoms with Crippen LogP contribution in [0.3, 0.4) is 0 Å². The zero-order valence-electron chi connectivity index (χ0n) is 26.7. The van der Waals surface area contributed by atoms with Crippen molar-refractivity contribution in [2.45, 2.75) is 85.2 Å². The molecule has 2 aliphatic heterocycles. The largest absolute Gasteiger partial charge is 0.490 e. The van der Waals surface area contributed by atoms with E-state index >= 15 is 0 Å². The van der Waals surface area contributed by atoms with Crippen molar-refractivity contribution in [2.24, 2.45) is 0 Å². The second-order valence-electron chi connectivity index (χ2n) is 12.6. The van der Waals surface area contributed by atoms with Crippen LogP contribution in [0.4, 0.5) is 15.0 Å². The third-order valence-electron chi connectivity index (χ3n) is 7.80. The Labute approximate surface area is 263 Å². The molecule has 0 atom stereocenters. The molecule has 0 spiro atoms. The first kappa shape index (κ1) is 31.9. The van der Waals surface area contributed by atoms with Crippen molar-refractivity contribution in [3.63, 3.8) is 0 Å². The number of ether oxygens (including phenoxy) is 3. The highest BCUT2D eigenvalue weighted by atomic mass is 19.1. The quantitative estimate of drug-likeness (QED) is 0.301. The molecular weight excluding hydrogens is 579 g/mol. The molecule has 3 aromatic rings. The van der Waals surface area contributed by atoms with Crippen LogP contribution in [-0.4, -0.2) is 74.4 Å². The predicted molar refractivity (Wildman–Crippen MR) is 166 cm³/mol. The number of aromatic nitrogens is 3. The second kappa shape index (κ2) is 13.3. The number of carbonyl (C=O) groups excluding carboxylic acids is 2. The highest BCUT2D eigenvalue weighted by Crippen LogP contribution is 2.35. The van der Waals surface area contributed by atoms with E-state index in [1.165, 1.54) is 24.5 Å². The number of hydrogen-bond acceptors (Lipinski definition) is 9. The van der Waals surface area contributed by atoms with Crippen LogP contribution in [0.2, 0.25) is 0 Å². The van der Waals surface area contributed by atoms with E-state index in [1.807, 2.05) is 64.6 Å². The Kier molecular flexibility index (Phi) is 9.40. The van der Waals surface area contributed by atoms with E-state index in [1.54, 1.807) is 9.80 Å². The van der Waals surface area contributed by atoms with E-state index < -0.39 is 11.4 Å². The van der Waals surface area contributed by atoms with Gasteiger partial charge in [0, 0.05) is 50.6 Å². The van der Waals surface area contributed by atoms with Crippen molar-refractivity contribution in [1.29, 1.82) is 0 Å². The number of piperidine rings is 1. The van der Waals surface area contributed by atoms with Crippen molar-refractivity contribution in [1.82, 2.24) is 25.0 Å². The third kappa shape index (κ3) is 7.43. The summed E-state index contributed by atoms with van der Waals surface area (Å²) in [6, 6.07) is 9.70. The van der Waals surface area contributed by atoms with Gasteiger partial charge in [0.05, 0.1) is 12.1 Å². The lowest BCUT2D eigenvalue weighted by Gasteiger charge is -2.33. The molecule has 1 fully saturated rings. The molecule has 240 valence electrons. The van der Waals surface area contributed by atoms with E-state index in [2.05, 4.69) is 15.2 Å². The van der Waals surface area contributed by atoms with Gasteiger partial charge in [-0.2, -0.15) is 0 Å². The Bertz CT molecular complexity index is 1540. The molecule has 2 aliphatic rings. The number of halogens is 1. The van der Waals surface area contributed by atoms with Crippen molar-refractivity contribution in [3.8, 4) is 17.4 Å². The minimum Gasteiger partial charge on any atom is -0.490 e. The molecular formula is C33H41FN6O5. The molecule has 1 aromatic heterocycles. The molecule has 0 unspecified atom stereocenters. The molecule has 0 aliphatic carbocycles. The predicted octanol–water partition coefficient (Wildman–Crippen LogP) is 5.97. The maximum absolute atomic E-state index is 14.3. The van der Waals surface area contributed by atoms with Gasteiger partial charge in [0.15, 0.2) is 5.82 Å². The van der Waals surface area contributed by atoms with E-state index in [0.717, 1.165) is 16.9 Å². The Morgan fingerprint density at radius 1 is 1.09 bits per heavy atom. The molecule has 0 N–H and O–H groups in total. The summed E-state index contributed by atoms with van der Waals surface area (Å²) in [6.07, 6.45) is 2.39. The zero-order valence-corrected chi connectivity index (χ0v) is 26.7. The molecule has 2 amide bonds. The summed E-state index contributed by atoms with van der Waals surface area (Å²) in [5, 5.41) is 8.08. The number of amides is 2. The molecule has 3 heterocycles. The molecule has 1 saturated heterocycles. The van der Waals surface area contributed by atoms with Crippen molar-refractivity contribution in [3.05, 3.63) is 65.2 Å². The summed E-state index contributed by atoms with van der Waals surface area (Å²) in [5.74, 6) is 0.706. The number of rotatable bonds is 8. The van der Waals surface area contributed by atoms with Gasteiger partial charge in [-0.3, -0.25) is 9.69 Å². The van der Waals surface area contributed by atoms with Gasteiger partial charge in [-0.25, -0.2) is 14.2 Å². The van der Waals surface area contributed by atoms with Crippen LogP contribution in [0, 0.1) is 5.82 Å². The molecule has 5 rings (SSSR count). The molecule has 2 aromatic carbocycles. The summed E-state index contributed by atoms with van der Waals surface area (Å²) in [4.78, 5) is 35.8. The fraction of sp³-hybridized carbons (Fsp3) is 0.485. The molecule has 45 heavy (non-hydrogen) atoms. The Morgan fingerprint density at radius 2 is 1.84 bits per heavy atom. The van der Waals surface area contributed by atoms with Gasteiger partial charge in [0.25, 0.3) is 11.8 Å². The highest BCUT2D eigenvalue weighted by molar-refractivity contribution is 5.97. The van der Waals surface area contributed by atoms with Crippen LogP contribution in [0.1, 0.15) is 75.9 Å². The lowest BCUT2D eigenvalue weighted by Crippen LogP contribution is -2.39. The Morgan fingerprint density at radius 3 is 2.53 bits per heavy atom. The lowest BCUT2D eigenvalue weighted by molar-refractivity contribution is 0.0240. The van der Waals surface area contributed by atoms with E-state index in [0.29, 0.717) is 51.4 Å². The fourth-order valence-electron chi connectivity index (χ4n) is 5.62. The van der Waals surface area contributed by atoms with Gasteiger partial charge < -0.3 is 24.0 Å². The van der Waals surface area contributed by atoms with Crippen LogP contribution < -0.4 is 14.4 Å². The number of benzene rings is 2. The van der Waals surface area contributed by atoms with Gasteiger partial charge in [0.1, 0.15) is 35.3 Å². The summed E-state index contributed by atoms with van der Waals surface area (Å²) in [7, 11) is 0. The van der Waals surface area contributed by atoms with Crippen LogP contribution in [0.5, 0.6) is 17.4 Å². The summed E-state index contributed by atoms with van der Waals surface area (Å²) in [5.41, 5.74) is 1.60. The van der Waals surface area contributed by atoms with E-state index in [-0.39, 0.29) is 41.3 Å². The number of anilines is 1. The first-order valence-corrected chi connectivity index (χ1v) is 15.4. The average Bonchev–Trinajstić information content (AvgIpc) is 3.44. The van der Waals surface area contributed by atoms with Gasteiger partial charge >= 0.3 is 6.09 Å². The first-order valence-electron chi connectivity index (χ1n) is 15.4. The number of nitrogens with zero attached hydrogens (tertiary/aromatic N) is 6. The minimum absolute atomic E-state index is 0.0418. The van der Waals surface area contributed by atoms with Gasteiger partial charge in [-0.05, 0) is 71.4 Å². The first-order chi connectivity index (χ1) is 21.4. The third-order valence-corrected chi connectivity index (χ3v) is 7.80. The fourth-order valence-corrected chi connectivity index (χ4v) is 5.62. The summed E-state index contributed by atoms with van der Waals surface area (Å²) < 4.78 is 32.4. The second-order valence-corrected chi connectivity index (χ2v) is 12.6. The molecule has 0 radical (unpaired) electrons. The smallest absolute Gasteiger partial charge is 0.410 e. The van der Waals surface area contributed by atoms with Gasteiger partial charge in [0.2, 0.25) is 0 Å². The summed E-state index contributed by atoms with van der Waals surface area (Å²) >= 11 is 0. The maximum atomic E-state index is 14.3. The SMILES string of the molecule is CCN(C(=O)c1cc(F)ccc1Oc1nncnc1N1CCC(Oc2cccc3c2CN(C(=O)OC(C)(C)C)C3)CC1)C(C)C. The van der Waals surface area contributed by atoms with Crippen LogP contribution >= 0.6 is 0 Å². The lowest BCUT2D eigenvalue weighted by atomic mass is 10.1. The topological polar surface area (TPSA) is 110 Å². The molecule has 0 bridgehead atoms. The minimum atomic E-state index is -0.563. The standard InChI is InChI=1S/C33H41FN6O5/c1-7-40(21(2)3)31(41)25-17-23(34)11-12-28(25)44-30-29(35-20-36-37-30)38-15-13-24(14-16-38)43-27-10-8-9-22-18-39(19-26(22)27)32(42)45-33(4,5)6/h8-12,17,20-21,24H,7,13-16,18-19H2,1-6H3. The van der Waals surface area contributed by atoms with Crippen molar-refractivity contribution in [2.75, 3.05) is 24.5 Å². The van der Waals surface area contributed by atoms with E-state index in [4.69, 9.17) is 14.2 Å². The van der Waals surface area contributed by atoms with Gasteiger partial charge in [-0.1, -0.05) is 12.1 Å². The Balaban J connectivity index is 1.26. The number of carbonyl (C=O) groups is 2. The Hall–Kier alpha value is -4.48. The normalized spacial score (nSPS) is 15.2. The maximum Gasteiger partial charge on any atom is 0.410 e. The monoisotopic (exact) mass is 620 g/mol. The number of fused-ring (bicyclic) bond motifs is 1. The molecule has 11 nitrogen and oxygen atoms in total. The van der Waals surface area contributed by atoms with Crippen LogP contribution in [0.15, 0.2) is 42.7 Å². The average molecular weight is 621 g/mol. The van der Waals surface area contributed by atoms with Gasteiger partial charge in [-0.15, -0.1) is 10.2 Å². The van der Waals surface area contributed by atoms with Crippen molar-refractivity contribution >= 4 is 17.8 Å².